The molecule has 0 radical (unpaired) electrons. The lowest BCUT2D eigenvalue weighted by Gasteiger charge is -2.15. The highest BCUT2D eigenvalue weighted by Crippen LogP contribution is 2.22. The summed E-state index contributed by atoms with van der Waals surface area (Å²) >= 11 is 0. The molecule has 92 valence electrons. The summed E-state index contributed by atoms with van der Waals surface area (Å²) in [6.07, 6.45) is 2.53. The second kappa shape index (κ2) is 6.84. The van der Waals surface area contributed by atoms with E-state index in [0.29, 0.717) is 5.75 Å². The van der Waals surface area contributed by atoms with E-state index < -0.39 is 0 Å². The molecule has 1 aliphatic rings. The lowest BCUT2D eigenvalue weighted by atomic mass is 10.1. The first-order valence-corrected chi connectivity index (χ1v) is 5.05. The molecule has 0 bridgehead atoms. The van der Waals surface area contributed by atoms with E-state index in [-0.39, 0.29) is 24.8 Å². The average Bonchev–Trinajstić information content (AvgIpc) is 2.64. The van der Waals surface area contributed by atoms with Gasteiger partial charge in [-0.3, -0.25) is 4.90 Å². The van der Waals surface area contributed by atoms with E-state index in [1.165, 1.54) is 12.8 Å². The minimum absolute atomic E-state index is 0. The smallest absolute Gasteiger partial charge is 0.120 e. The predicted octanol–water partition coefficient (Wildman–Crippen LogP) is 2.41. The van der Waals surface area contributed by atoms with Gasteiger partial charge in [0.25, 0.3) is 0 Å². The Kier molecular flexibility index (Phi) is 6.56. The van der Waals surface area contributed by atoms with Crippen LogP contribution in [0.1, 0.15) is 18.4 Å². The number of anilines is 1. The van der Waals surface area contributed by atoms with Crippen LogP contribution in [-0.2, 0) is 6.54 Å². The molecule has 0 atom stereocenters. The Morgan fingerprint density at radius 1 is 1.19 bits per heavy atom. The number of phenols is 1. The van der Waals surface area contributed by atoms with Gasteiger partial charge in [-0.05, 0) is 44.1 Å². The number of likely N-dealkylation sites (tertiary alicyclic amines) is 1. The molecule has 5 heteroatoms. The summed E-state index contributed by atoms with van der Waals surface area (Å²) in [7, 11) is 0. The molecule has 1 aliphatic heterocycles. The normalized spacial score (nSPS) is 15.2. The molecule has 1 fully saturated rings. The van der Waals surface area contributed by atoms with Crippen molar-refractivity contribution < 1.29 is 5.11 Å². The summed E-state index contributed by atoms with van der Waals surface area (Å²) in [6, 6.07) is 5.25. The van der Waals surface area contributed by atoms with Gasteiger partial charge in [-0.15, -0.1) is 24.8 Å². The maximum Gasteiger partial charge on any atom is 0.120 e. The van der Waals surface area contributed by atoms with E-state index in [1.807, 2.05) is 6.07 Å². The summed E-state index contributed by atoms with van der Waals surface area (Å²) in [5, 5.41) is 9.61. The van der Waals surface area contributed by atoms with Crippen molar-refractivity contribution in [2.75, 3.05) is 18.8 Å². The van der Waals surface area contributed by atoms with Gasteiger partial charge in [0.15, 0.2) is 0 Å². The third-order valence-corrected chi connectivity index (χ3v) is 2.70. The van der Waals surface area contributed by atoms with Gasteiger partial charge in [-0.2, -0.15) is 0 Å². The summed E-state index contributed by atoms with van der Waals surface area (Å²) in [5.41, 5.74) is 7.33. The molecule has 1 saturated heterocycles. The number of hydrogen-bond donors (Lipinski definition) is 2. The van der Waals surface area contributed by atoms with E-state index in [0.717, 1.165) is 30.9 Å². The van der Waals surface area contributed by atoms with Crippen molar-refractivity contribution in [3.8, 4) is 5.75 Å². The lowest BCUT2D eigenvalue weighted by molar-refractivity contribution is 0.324. The Bertz CT molecular complexity index is 328. The quantitative estimate of drug-likeness (QED) is 0.637. The second-order valence-corrected chi connectivity index (χ2v) is 3.87. The molecule has 3 N–H and O–H groups in total. The van der Waals surface area contributed by atoms with Crippen LogP contribution < -0.4 is 5.73 Å². The van der Waals surface area contributed by atoms with Crippen LogP contribution in [0.15, 0.2) is 18.2 Å². The molecule has 0 amide bonds. The van der Waals surface area contributed by atoms with E-state index in [1.54, 1.807) is 12.1 Å². The fourth-order valence-electron chi connectivity index (χ4n) is 1.91. The molecule has 0 spiro atoms. The molecule has 2 rings (SSSR count). The van der Waals surface area contributed by atoms with Crippen LogP contribution in [-0.4, -0.2) is 23.1 Å². The number of aromatic hydroxyl groups is 1. The number of benzene rings is 1. The van der Waals surface area contributed by atoms with Gasteiger partial charge >= 0.3 is 0 Å². The average molecular weight is 265 g/mol. The van der Waals surface area contributed by atoms with E-state index in [4.69, 9.17) is 5.73 Å². The van der Waals surface area contributed by atoms with E-state index >= 15 is 0 Å². The largest absolute Gasteiger partial charge is 0.508 e. The fraction of sp³-hybridized carbons (Fsp3) is 0.455. The molecule has 0 aliphatic carbocycles. The second-order valence-electron chi connectivity index (χ2n) is 3.87. The molecule has 1 heterocycles. The number of halogens is 2. The summed E-state index contributed by atoms with van der Waals surface area (Å²) in [4.78, 5) is 2.34. The monoisotopic (exact) mass is 264 g/mol. The highest BCUT2D eigenvalue weighted by molar-refractivity contribution is 5.85. The van der Waals surface area contributed by atoms with Gasteiger partial charge < -0.3 is 10.8 Å². The van der Waals surface area contributed by atoms with Crippen LogP contribution in [0.5, 0.6) is 5.75 Å². The number of rotatable bonds is 2. The standard InChI is InChI=1S/C11H16N2O.2ClH/c12-10-3-4-11(14)9(7-10)8-13-5-1-2-6-13;;/h3-4,7,14H,1-2,5-6,8,12H2;2*1H. The molecule has 16 heavy (non-hydrogen) atoms. The zero-order valence-corrected chi connectivity index (χ0v) is 10.7. The van der Waals surface area contributed by atoms with Gasteiger partial charge in [0.1, 0.15) is 5.75 Å². The minimum atomic E-state index is 0. The molecule has 1 aromatic rings. The lowest BCUT2D eigenvalue weighted by Crippen LogP contribution is -2.18. The predicted molar refractivity (Wildman–Crippen MR) is 71.5 cm³/mol. The first-order chi connectivity index (χ1) is 6.75. The molecule has 0 aromatic heterocycles. The number of phenolic OH excluding ortho intramolecular Hbond substituents is 1. The van der Waals surface area contributed by atoms with E-state index in [9.17, 15) is 5.11 Å². The Balaban J connectivity index is 0.00000112. The molecular formula is C11H18Cl2N2O. The number of nitrogen functional groups attached to an aromatic ring is 1. The fourth-order valence-corrected chi connectivity index (χ4v) is 1.91. The van der Waals surface area contributed by atoms with Crippen LogP contribution in [0.25, 0.3) is 0 Å². The van der Waals surface area contributed by atoms with Gasteiger partial charge in [-0.25, -0.2) is 0 Å². The molecule has 0 unspecified atom stereocenters. The van der Waals surface area contributed by atoms with Crippen LogP contribution in [0.2, 0.25) is 0 Å². The number of nitrogens with zero attached hydrogens (tertiary/aromatic N) is 1. The topological polar surface area (TPSA) is 49.5 Å². The summed E-state index contributed by atoms with van der Waals surface area (Å²) in [6.45, 7) is 3.08. The minimum Gasteiger partial charge on any atom is -0.508 e. The maximum atomic E-state index is 9.61. The highest BCUT2D eigenvalue weighted by Gasteiger charge is 2.13. The van der Waals surface area contributed by atoms with Crippen molar-refractivity contribution in [3.63, 3.8) is 0 Å². The van der Waals surface area contributed by atoms with Crippen LogP contribution in [0.4, 0.5) is 5.69 Å². The van der Waals surface area contributed by atoms with Gasteiger partial charge in [0.2, 0.25) is 0 Å². The van der Waals surface area contributed by atoms with Crippen molar-refractivity contribution in [1.82, 2.24) is 4.90 Å². The zero-order valence-electron chi connectivity index (χ0n) is 9.06. The Morgan fingerprint density at radius 3 is 2.44 bits per heavy atom. The molecule has 0 saturated carbocycles. The van der Waals surface area contributed by atoms with Crippen molar-refractivity contribution in [2.45, 2.75) is 19.4 Å². The van der Waals surface area contributed by atoms with Crippen LogP contribution >= 0.6 is 24.8 Å². The summed E-state index contributed by atoms with van der Waals surface area (Å²) in [5.74, 6) is 0.353. The summed E-state index contributed by atoms with van der Waals surface area (Å²) < 4.78 is 0. The van der Waals surface area contributed by atoms with Gasteiger partial charge in [-0.1, -0.05) is 0 Å². The Hall–Kier alpha value is -0.640. The first kappa shape index (κ1) is 15.4. The van der Waals surface area contributed by atoms with Gasteiger partial charge in [0.05, 0.1) is 0 Å². The molecule has 3 nitrogen and oxygen atoms in total. The van der Waals surface area contributed by atoms with Crippen molar-refractivity contribution in [1.29, 1.82) is 0 Å². The van der Waals surface area contributed by atoms with Crippen molar-refractivity contribution in [2.24, 2.45) is 0 Å². The van der Waals surface area contributed by atoms with Crippen molar-refractivity contribution in [3.05, 3.63) is 23.8 Å². The third-order valence-electron chi connectivity index (χ3n) is 2.70. The van der Waals surface area contributed by atoms with Gasteiger partial charge in [0, 0.05) is 17.8 Å². The first-order valence-electron chi connectivity index (χ1n) is 5.05. The highest BCUT2D eigenvalue weighted by atomic mass is 35.5. The third kappa shape index (κ3) is 3.74. The van der Waals surface area contributed by atoms with E-state index in [2.05, 4.69) is 4.90 Å². The number of hydrogen-bond acceptors (Lipinski definition) is 3. The number of nitrogens with two attached hydrogens (primary N) is 1. The SMILES string of the molecule is Cl.Cl.Nc1ccc(O)c(CN2CCCC2)c1. The van der Waals surface area contributed by atoms with Crippen LogP contribution in [0.3, 0.4) is 0 Å². The Morgan fingerprint density at radius 2 is 1.81 bits per heavy atom. The van der Waals surface area contributed by atoms with Crippen LogP contribution in [0, 0.1) is 0 Å². The maximum absolute atomic E-state index is 9.61. The molecule has 1 aromatic carbocycles. The van der Waals surface area contributed by atoms with Crippen molar-refractivity contribution >= 4 is 30.5 Å². The molecular weight excluding hydrogens is 247 g/mol. The zero-order chi connectivity index (χ0) is 9.97. The Labute approximate surface area is 108 Å².